The minimum absolute atomic E-state index is 0.200. The Hall–Kier alpha value is -3.88. The zero-order valence-corrected chi connectivity index (χ0v) is 26.0. The van der Waals surface area contributed by atoms with Crippen LogP contribution >= 0.6 is 23.2 Å². The Kier molecular flexibility index (Phi) is 11.8. The fourth-order valence-electron chi connectivity index (χ4n) is 5.32. The molecule has 5 N–H and O–H groups in total. The molecule has 2 unspecified atom stereocenters. The summed E-state index contributed by atoms with van der Waals surface area (Å²) >= 11 is 12.0. The molecule has 1 amide bonds. The number of halogens is 2. The standard InChI is InChI=1S/C35H37Cl2N3O4/c1-44-28-18-16-27(17-19-28)35(25-10-4-2-5-11-25,26-12-6-3-7-13-26)39-21-9-8-14-32(34(42)43)40-33(41)31(38)23-24-15-20-29(36)30(37)22-24/h2-7,10-13,15-20,22,31-32,39H,8-9,14,21,23,38H2,1H3,(H,40,41)(H,42,43). The van der Waals surface area contributed by atoms with E-state index in [-0.39, 0.29) is 12.8 Å². The van der Waals surface area contributed by atoms with Gasteiger partial charge in [0.05, 0.1) is 28.7 Å². The molecule has 9 heteroatoms. The van der Waals surface area contributed by atoms with Gasteiger partial charge in [0, 0.05) is 0 Å². The molecule has 0 aliphatic heterocycles. The van der Waals surface area contributed by atoms with Crippen LogP contribution in [0.25, 0.3) is 0 Å². The summed E-state index contributed by atoms with van der Waals surface area (Å²) in [7, 11) is 1.64. The molecule has 4 aromatic rings. The van der Waals surface area contributed by atoms with Gasteiger partial charge in [0.25, 0.3) is 0 Å². The van der Waals surface area contributed by atoms with Gasteiger partial charge in [-0.2, -0.15) is 0 Å². The molecule has 0 saturated carbocycles. The summed E-state index contributed by atoms with van der Waals surface area (Å²) < 4.78 is 5.41. The molecule has 0 bridgehead atoms. The number of benzene rings is 4. The number of aliphatic carboxylic acids is 1. The first-order valence-electron chi connectivity index (χ1n) is 14.5. The Morgan fingerprint density at radius 1 is 0.841 bits per heavy atom. The normalized spacial score (nSPS) is 12.7. The average molecular weight is 635 g/mol. The number of ether oxygens (including phenoxy) is 1. The fourth-order valence-corrected chi connectivity index (χ4v) is 5.64. The van der Waals surface area contributed by atoms with Crippen molar-refractivity contribution in [3.8, 4) is 5.75 Å². The van der Waals surface area contributed by atoms with E-state index < -0.39 is 29.5 Å². The molecule has 0 fully saturated rings. The molecule has 230 valence electrons. The third kappa shape index (κ3) is 8.18. The quantitative estimate of drug-likeness (QED) is 0.0916. The second kappa shape index (κ2) is 15.7. The second-order valence-electron chi connectivity index (χ2n) is 10.6. The van der Waals surface area contributed by atoms with Crippen LogP contribution in [0, 0.1) is 0 Å². The summed E-state index contributed by atoms with van der Waals surface area (Å²) in [4.78, 5) is 24.8. The predicted octanol–water partition coefficient (Wildman–Crippen LogP) is 6.19. The number of nitrogens with one attached hydrogen (secondary N) is 2. The minimum atomic E-state index is -1.10. The first kappa shape index (κ1) is 33.0. The maximum Gasteiger partial charge on any atom is 0.326 e. The summed E-state index contributed by atoms with van der Waals surface area (Å²) in [5.41, 5.74) is 9.36. The van der Waals surface area contributed by atoms with E-state index in [4.69, 9.17) is 33.7 Å². The van der Waals surface area contributed by atoms with Crippen LogP contribution in [0.5, 0.6) is 5.75 Å². The average Bonchev–Trinajstić information content (AvgIpc) is 3.04. The Bertz CT molecular complexity index is 1480. The number of nitrogens with two attached hydrogens (primary N) is 1. The van der Waals surface area contributed by atoms with Crippen molar-refractivity contribution in [2.45, 2.75) is 43.3 Å². The fraction of sp³-hybridized carbons (Fsp3) is 0.257. The Balaban J connectivity index is 1.44. The highest BCUT2D eigenvalue weighted by Gasteiger charge is 2.35. The highest BCUT2D eigenvalue weighted by atomic mass is 35.5. The lowest BCUT2D eigenvalue weighted by molar-refractivity contribution is -0.142. The van der Waals surface area contributed by atoms with Gasteiger partial charge in [0.15, 0.2) is 0 Å². The van der Waals surface area contributed by atoms with E-state index in [9.17, 15) is 14.7 Å². The van der Waals surface area contributed by atoms with Crippen LogP contribution in [-0.4, -0.2) is 42.7 Å². The number of rotatable bonds is 15. The van der Waals surface area contributed by atoms with Crippen molar-refractivity contribution in [2.75, 3.05) is 13.7 Å². The molecule has 44 heavy (non-hydrogen) atoms. The van der Waals surface area contributed by atoms with Crippen LogP contribution in [-0.2, 0) is 21.5 Å². The van der Waals surface area contributed by atoms with Gasteiger partial charge in [-0.1, -0.05) is 102 Å². The molecular weight excluding hydrogens is 597 g/mol. The third-order valence-corrected chi connectivity index (χ3v) is 8.38. The summed E-state index contributed by atoms with van der Waals surface area (Å²) in [5.74, 6) is -0.871. The van der Waals surface area contributed by atoms with E-state index in [0.29, 0.717) is 29.4 Å². The minimum Gasteiger partial charge on any atom is -0.497 e. The van der Waals surface area contributed by atoms with Crippen LogP contribution < -0.4 is 21.1 Å². The van der Waals surface area contributed by atoms with Gasteiger partial charge in [-0.3, -0.25) is 10.1 Å². The maximum atomic E-state index is 12.8. The Labute approximate surface area is 268 Å². The van der Waals surface area contributed by atoms with Gasteiger partial charge in [-0.05, 0) is 78.7 Å². The van der Waals surface area contributed by atoms with E-state index in [0.717, 1.165) is 28.0 Å². The predicted molar refractivity (Wildman–Crippen MR) is 175 cm³/mol. The lowest BCUT2D eigenvalue weighted by Gasteiger charge is -2.37. The zero-order chi connectivity index (χ0) is 31.5. The van der Waals surface area contributed by atoms with Gasteiger partial charge in [0.2, 0.25) is 5.91 Å². The van der Waals surface area contributed by atoms with Gasteiger partial charge in [-0.25, -0.2) is 4.79 Å². The molecule has 0 aromatic heterocycles. The number of carboxylic acids is 1. The summed E-state index contributed by atoms with van der Waals surface area (Å²) in [6.45, 7) is 0.590. The molecule has 2 atom stereocenters. The maximum absolute atomic E-state index is 12.8. The van der Waals surface area contributed by atoms with Crippen molar-refractivity contribution in [3.63, 3.8) is 0 Å². The van der Waals surface area contributed by atoms with E-state index in [2.05, 4.69) is 47.0 Å². The molecule has 0 aliphatic carbocycles. The summed E-state index contributed by atoms with van der Waals surface area (Å²) in [5, 5.41) is 17.0. The van der Waals surface area contributed by atoms with Crippen LogP contribution in [0.15, 0.2) is 103 Å². The van der Waals surface area contributed by atoms with Crippen molar-refractivity contribution in [1.82, 2.24) is 10.6 Å². The first-order chi connectivity index (χ1) is 21.2. The summed E-state index contributed by atoms with van der Waals surface area (Å²) in [6, 6.07) is 31.5. The van der Waals surface area contributed by atoms with Crippen LogP contribution in [0.4, 0.5) is 0 Å². The molecule has 4 rings (SSSR count). The smallest absolute Gasteiger partial charge is 0.326 e. The number of carbonyl (C=O) groups is 2. The van der Waals surface area contributed by atoms with Gasteiger partial charge < -0.3 is 20.9 Å². The van der Waals surface area contributed by atoms with Crippen LogP contribution in [0.3, 0.4) is 0 Å². The summed E-state index contributed by atoms with van der Waals surface area (Å²) in [6.07, 6.45) is 1.70. The molecule has 0 saturated heterocycles. The van der Waals surface area contributed by atoms with Gasteiger partial charge in [-0.15, -0.1) is 0 Å². The number of unbranched alkanes of at least 4 members (excludes halogenated alkanes) is 1. The molecule has 0 spiro atoms. The first-order valence-corrected chi connectivity index (χ1v) is 15.2. The highest BCUT2D eigenvalue weighted by Crippen LogP contribution is 2.37. The lowest BCUT2D eigenvalue weighted by Crippen LogP contribution is -2.49. The highest BCUT2D eigenvalue weighted by molar-refractivity contribution is 6.42. The van der Waals surface area contributed by atoms with Gasteiger partial charge >= 0.3 is 5.97 Å². The topological polar surface area (TPSA) is 114 Å². The van der Waals surface area contributed by atoms with Crippen molar-refractivity contribution in [1.29, 1.82) is 0 Å². The van der Waals surface area contributed by atoms with E-state index in [1.165, 1.54) is 0 Å². The number of methoxy groups -OCH3 is 1. The number of hydrogen-bond acceptors (Lipinski definition) is 5. The van der Waals surface area contributed by atoms with Crippen molar-refractivity contribution in [2.24, 2.45) is 5.73 Å². The van der Waals surface area contributed by atoms with Crippen molar-refractivity contribution >= 4 is 35.1 Å². The van der Waals surface area contributed by atoms with E-state index in [1.807, 2.05) is 48.5 Å². The lowest BCUT2D eigenvalue weighted by atomic mass is 9.77. The van der Waals surface area contributed by atoms with E-state index >= 15 is 0 Å². The number of carboxylic acid groups (broad SMARTS) is 1. The molecule has 0 aliphatic rings. The van der Waals surface area contributed by atoms with Crippen LogP contribution in [0.1, 0.15) is 41.5 Å². The molecule has 7 nitrogen and oxygen atoms in total. The van der Waals surface area contributed by atoms with Crippen molar-refractivity contribution < 1.29 is 19.4 Å². The second-order valence-corrected chi connectivity index (χ2v) is 11.4. The third-order valence-electron chi connectivity index (χ3n) is 7.64. The Morgan fingerprint density at radius 3 is 1.98 bits per heavy atom. The number of hydrogen-bond donors (Lipinski definition) is 4. The number of carbonyl (C=O) groups excluding carboxylic acids is 1. The SMILES string of the molecule is COc1ccc(C(NCCCCC(NC(=O)C(N)Cc2ccc(Cl)c(Cl)c2)C(=O)O)(c2ccccc2)c2ccccc2)cc1. The molecular formula is C35H37Cl2N3O4. The monoisotopic (exact) mass is 633 g/mol. The van der Waals surface area contributed by atoms with E-state index in [1.54, 1.807) is 25.3 Å². The van der Waals surface area contributed by atoms with Crippen molar-refractivity contribution in [3.05, 3.63) is 135 Å². The number of amides is 1. The Morgan fingerprint density at radius 2 is 1.43 bits per heavy atom. The molecule has 0 heterocycles. The largest absolute Gasteiger partial charge is 0.497 e. The van der Waals surface area contributed by atoms with Gasteiger partial charge in [0.1, 0.15) is 11.8 Å². The van der Waals surface area contributed by atoms with Crippen LogP contribution in [0.2, 0.25) is 10.0 Å². The zero-order valence-electron chi connectivity index (χ0n) is 24.5. The molecule has 4 aromatic carbocycles. The molecule has 0 radical (unpaired) electrons.